The minimum atomic E-state index is -0.190. The predicted molar refractivity (Wildman–Crippen MR) is 83.1 cm³/mol. The summed E-state index contributed by atoms with van der Waals surface area (Å²) in [6.07, 6.45) is 4.84. The molecule has 0 aliphatic rings. The van der Waals surface area contributed by atoms with Gasteiger partial charge in [0.2, 0.25) is 0 Å². The molecule has 0 unspecified atom stereocenters. The zero-order valence-corrected chi connectivity index (χ0v) is 13.0. The van der Waals surface area contributed by atoms with E-state index in [0.29, 0.717) is 0 Å². The third kappa shape index (κ3) is 5.09. The number of unbranched alkanes of at least 4 members (excludes halogenated alkanes) is 2. The molecule has 0 saturated carbocycles. The van der Waals surface area contributed by atoms with E-state index >= 15 is 0 Å². The Bertz CT molecular complexity index is 402. The first kappa shape index (κ1) is 16.4. The molecular weight excluding hydrogens is 294 g/mol. The van der Waals surface area contributed by atoms with Crippen LogP contribution < -0.4 is 10.6 Å². The van der Waals surface area contributed by atoms with Gasteiger partial charge in [0.15, 0.2) is 0 Å². The van der Waals surface area contributed by atoms with Gasteiger partial charge in [-0.2, -0.15) is 6.42 Å². The van der Waals surface area contributed by atoms with Gasteiger partial charge in [0.05, 0.1) is 0 Å². The van der Waals surface area contributed by atoms with Crippen molar-refractivity contribution < 1.29 is 16.5 Å². The van der Waals surface area contributed by atoms with E-state index in [1.54, 1.807) is 0 Å². The van der Waals surface area contributed by atoms with Crippen LogP contribution in [0.5, 0.6) is 0 Å². The molecule has 0 atom stereocenters. The van der Waals surface area contributed by atoms with Gasteiger partial charge in [0.25, 0.3) is 0 Å². The molecule has 0 aliphatic heterocycles. The van der Waals surface area contributed by atoms with Crippen LogP contribution in [0.25, 0.3) is 0 Å². The van der Waals surface area contributed by atoms with Gasteiger partial charge < -0.3 is 6.92 Å². The fourth-order valence-corrected chi connectivity index (χ4v) is 4.49. The molecule has 0 N–H and O–H groups in total. The second kappa shape index (κ2) is 9.30. The van der Waals surface area contributed by atoms with Crippen molar-refractivity contribution in [2.24, 2.45) is 0 Å². The second-order valence-electron chi connectivity index (χ2n) is 4.38. The SMILES string of the molecule is [CH2-]CCCCP(c1ccccc1)c1ccccc1.[Ni]. The van der Waals surface area contributed by atoms with E-state index in [9.17, 15) is 0 Å². The van der Waals surface area contributed by atoms with Gasteiger partial charge in [-0.05, 0) is 24.7 Å². The minimum absolute atomic E-state index is 0. The Kier molecular flexibility index (Phi) is 8.03. The second-order valence-corrected chi connectivity index (χ2v) is 6.72. The first-order valence-corrected chi connectivity index (χ1v) is 8.11. The Balaban J connectivity index is 0.00000180. The molecule has 104 valence electrons. The number of hydrogen-bond acceptors (Lipinski definition) is 0. The standard InChI is InChI=1S/C17H20P.Ni/c1-2-3-10-15-18(16-11-6-4-7-12-16)17-13-8-5-9-14-17;/h4-9,11-14H,1-3,10,15H2;/q-1;. The Labute approximate surface area is 128 Å². The smallest absolute Gasteiger partial charge is 0 e. The van der Waals surface area contributed by atoms with Gasteiger partial charge in [-0.3, -0.25) is 0 Å². The zero-order valence-electron chi connectivity index (χ0n) is 11.1. The van der Waals surface area contributed by atoms with Crippen LogP contribution in [0.4, 0.5) is 0 Å². The third-order valence-corrected chi connectivity index (χ3v) is 5.62. The molecule has 0 aliphatic carbocycles. The monoisotopic (exact) mass is 313 g/mol. The normalized spacial score (nSPS) is 10.2. The van der Waals surface area contributed by atoms with Crippen molar-refractivity contribution in [2.45, 2.75) is 19.3 Å². The summed E-state index contributed by atoms with van der Waals surface area (Å²) in [7, 11) is -0.190. The van der Waals surface area contributed by atoms with Crippen LogP contribution in [-0.4, -0.2) is 6.16 Å². The molecule has 0 radical (unpaired) electrons. The fourth-order valence-electron chi connectivity index (χ4n) is 2.07. The molecule has 0 heterocycles. The van der Waals surface area contributed by atoms with Gasteiger partial charge in [-0.25, -0.2) is 0 Å². The van der Waals surface area contributed by atoms with Crippen molar-refractivity contribution in [3.05, 3.63) is 67.6 Å². The van der Waals surface area contributed by atoms with Crippen LogP contribution in [0, 0.1) is 6.92 Å². The predicted octanol–water partition coefficient (Wildman–Crippen LogP) is 4.12. The van der Waals surface area contributed by atoms with Crippen molar-refractivity contribution in [2.75, 3.05) is 6.16 Å². The van der Waals surface area contributed by atoms with Crippen molar-refractivity contribution in [3.8, 4) is 0 Å². The van der Waals surface area contributed by atoms with Crippen LogP contribution >= 0.6 is 7.92 Å². The molecular formula is C17H20NiP-. The van der Waals surface area contributed by atoms with E-state index < -0.39 is 0 Å². The summed E-state index contributed by atoms with van der Waals surface area (Å²) in [5.74, 6) is 0. The molecule has 0 nitrogen and oxygen atoms in total. The summed E-state index contributed by atoms with van der Waals surface area (Å²) in [4.78, 5) is 0. The largest absolute Gasteiger partial charge is 0.343 e. The van der Waals surface area contributed by atoms with Crippen LogP contribution in [0.15, 0.2) is 60.7 Å². The number of hydrogen-bond donors (Lipinski definition) is 0. The Hall–Kier alpha value is -0.636. The number of rotatable bonds is 6. The molecule has 0 spiro atoms. The van der Waals surface area contributed by atoms with E-state index in [1.807, 2.05) is 0 Å². The molecule has 2 aromatic carbocycles. The molecule has 2 rings (SSSR count). The van der Waals surface area contributed by atoms with Crippen LogP contribution in [0.2, 0.25) is 0 Å². The molecule has 0 amide bonds. The maximum Gasteiger partial charge on any atom is 0 e. The van der Waals surface area contributed by atoms with Crippen molar-refractivity contribution in [1.29, 1.82) is 0 Å². The molecule has 2 heteroatoms. The maximum atomic E-state index is 3.94. The Morgan fingerprint density at radius 3 is 1.63 bits per heavy atom. The molecule has 2 aromatic rings. The quantitative estimate of drug-likeness (QED) is 0.326. The van der Waals surface area contributed by atoms with E-state index in [1.165, 1.54) is 29.6 Å². The van der Waals surface area contributed by atoms with Crippen molar-refractivity contribution in [3.63, 3.8) is 0 Å². The van der Waals surface area contributed by atoms with Gasteiger partial charge in [0, 0.05) is 16.5 Å². The topological polar surface area (TPSA) is 0 Å². The molecule has 19 heavy (non-hydrogen) atoms. The van der Waals surface area contributed by atoms with Crippen LogP contribution in [-0.2, 0) is 16.5 Å². The van der Waals surface area contributed by atoms with E-state index in [4.69, 9.17) is 0 Å². The minimum Gasteiger partial charge on any atom is -0.343 e. The third-order valence-electron chi connectivity index (χ3n) is 3.02. The van der Waals surface area contributed by atoms with Crippen molar-refractivity contribution >= 4 is 18.5 Å². The van der Waals surface area contributed by atoms with E-state index in [2.05, 4.69) is 67.6 Å². The first-order valence-electron chi connectivity index (χ1n) is 6.58. The summed E-state index contributed by atoms with van der Waals surface area (Å²) in [5.41, 5.74) is 0. The van der Waals surface area contributed by atoms with Crippen molar-refractivity contribution in [1.82, 2.24) is 0 Å². The molecule has 0 fully saturated rings. The summed E-state index contributed by atoms with van der Waals surface area (Å²) in [6, 6.07) is 21.8. The molecule has 0 bridgehead atoms. The fraction of sp³-hybridized carbons (Fsp3) is 0.235. The summed E-state index contributed by atoms with van der Waals surface area (Å²) >= 11 is 0. The molecule has 0 saturated heterocycles. The zero-order chi connectivity index (χ0) is 12.6. The van der Waals surface area contributed by atoms with E-state index in [0.717, 1.165) is 6.42 Å². The number of benzene rings is 2. The Morgan fingerprint density at radius 1 is 0.737 bits per heavy atom. The van der Waals surface area contributed by atoms with Gasteiger partial charge in [0.1, 0.15) is 0 Å². The van der Waals surface area contributed by atoms with E-state index in [-0.39, 0.29) is 24.4 Å². The summed E-state index contributed by atoms with van der Waals surface area (Å²) < 4.78 is 0. The van der Waals surface area contributed by atoms with Gasteiger partial charge in [-0.1, -0.05) is 73.5 Å². The Morgan fingerprint density at radius 2 is 1.21 bits per heavy atom. The first-order chi connectivity index (χ1) is 8.92. The summed E-state index contributed by atoms with van der Waals surface area (Å²) in [5, 5.41) is 2.98. The maximum absolute atomic E-state index is 3.94. The molecule has 0 aromatic heterocycles. The average Bonchev–Trinajstić information content (AvgIpc) is 2.46. The summed E-state index contributed by atoms with van der Waals surface area (Å²) in [6.45, 7) is 3.94. The average molecular weight is 314 g/mol. The van der Waals surface area contributed by atoms with Gasteiger partial charge in [-0.15, -0.1) is 0 Å². The van der Waals surface area contributed by atoms with Crippen LogP contribution in [0.3, 0.4) is 0 Å². The van der Waals surface area contributed by atoms with Gasteiger partial charge >= 0.3 is 0 Å². The van der Waals surface area contributed by atoms with Crippen LogP contribution in [0.1, 0.15) is 19.3 Å².